The first-order valence-electron chi connectivity index (χ1n) is 6.70. The molecule has 0 fully saturated rings. The second-order valence-electron chi connectivity index (χ2n) is 4.81. The Labute approximate surface area is 142 Å². The van der Waals surface area contributed by atoms with Crippen LogP contribution in [0.5, 0.6) is 0 Å². The molecule has 0 saturated carbocycles. The molecule has 0 aliphatic carbocycles. The van der Waals surface area contributed by atoms with Crippen LogP contribution in [0.3, 0.4) is 0 Å². The molecule has 0 aliphatic rings. The molecular weight excluding hydrogens is 337 g/mol. The third-order valence-corrected chi connectivity index (χ3v) is 3.58. The number of halogens is 2. The van der Waals surface area contributed by atoms with E-state index in [4.69, 9.17) is 27.7 Å². The van der Waals surface area contributed by atoms with Crippen molar-refractivity contribution < 1.29 is 9.32 Å². The molecule has 1 N–H and O–H groups in total. The molecule has 0 bridgehead atoms. The van der Waals surface area contributed by atoms with Crippen LogP contribution in [0, 0.1) is 0 Å². The average molecular weight is 348 g/mol. The Morgan fingerprint density at radius 1 is 1.17 bits per heavy atom. The highest BCUT2D eigenvalue weighted by atomic mass is 35.5. The van der Waals surface area contributed by atoms with Crippen LogP contribution in [0.25, 0.3) is 22.8 Å². The molecular formula is C16H11Cl2N3O2. The molecule has 1 heterocycles. The number of aromatic nitrogens is 2. The lowest BCUT2D eigenvalue weighted by atomic mass is 10.2. The molecule has 0 saturated heterocycles. The van der Waals surface area contributed by atoms with E-state index in [9.17, 15) is 4.79 Å². The summed E-state index contributed by atoms with van der Waals surface area (Å²) < 4.78 is 5.27. The third kappa shape index (κ3) is 3.52. The fraction of sp³-hybridized carbons (Fsp3) is 0.0625. The summed E-state index contributed by atoms with van der Waals surface area (Å²) in [5.41, 5.74) is 1.98. The number of anilines is 1. The van der Waals surface area contributed by atoms with E-state index in [0.717, 1.165) is 5.56 Å². The van der Waals surface area contributed by atoms with E-state index in [0.29, 0.717) is 33.0 Å². The Hall–Kier alpha value is -2.37. The smallest absolute Gasteiger partial charge is 0.259 e. The van der Waals surface area contributed by atoms with Crippen molar-refractivity contribution in [1.29, 1.82) is 0 Å². The molecule has 7 heteroatoms. The molecule has 0 aliphatic heterocycles. The second-order valence-corrected chi connectivity index (χ2v) is 5.65. The average Bonchev–Trinajstić information content (AvgIpc) is 2.96. The zero-order valence-corrected chi connectivity index (χ0v) is 13.5. The van der Waals surface area contributed by atoms with Crippen molar-refractivity contribution in [2.24, 2.45) is 0 Å². The molecule has 1 aromatic heterocycles. The minimum absolute atomic E-state index is 0.149. The number of hydrogen-bond acceptors (Lipinski definition) is 4. The van der Waals surface area contributed by atoms with Gasteiger partial charge in [0.05, 0.1) is 10.6 Å². The lowest BCUT2D eigenvalue weighted by Crippen LogP contribution is -2.05. The lowest BCUT2D eigenvalue weighted by molar-refractivity contribution is -0.114. The highest BCUT2D eigenvalue weighted by Gasteiger charge is 2.14. The Kier molecular flexibility index (Phi) is 4.32. The highest BCUT2D eigenvalue weighted by Crippen LogP contribution is 2.30. The van der Waals surface area contributed by atoms with Crippen LogP contribution in [0.2, 0.25) is 10.0 Å². The molecule has 0 atom stereocenters. The van der Waals surface area contributed by atoms with E-state index < -0.39 is 0 Å². The number of amides is 1. The van der Waals surface area contributed by atoms with E-state index in [1.54, 1.807) is 36.4 Å². The van der Waals surface area contributed by atoms with Gasteiger partial charge in [0.25, 0.3) is 5.89 Å². The quantitative estimate of drug-likeness (QED) is 0.747. The molecule has 2 aromatic carbocycles. The van der Waals surface area contributed by atoms with E-state index >= 15 is 0 Å². The zero-order chi connectivity index (χ0) is 16.4. The lowest BCUT2D eigenvalue weighted by Gasteiger charge is -2.02. The zero-order valence-electron chi connectivity index (χ0n) is 12.0. The molecule has 0 spiro atoms. The Balaban J connectivity index is 1.94. The van der Waals surface area contributed by atoms with Gasteiger partial charge in [-0.15, -0.1) is 0 Å². The van der Waals surface area contributed by atoms with E-state index in [-0.39, 0.29) is 5.91 Å². The third-order valence-electron chi connectivity index (χ3n) is 3.03. The van der Waals surface area contributed by atoms with Gasteiger partial charge in [-0.1, -0.05) is 40.5 Å². The number of carbonyl (C=O) groups is 1. The number of nitrogens with zero attached hydrogens (tertiary/aromatic N) is 2. The molecule has 3 rings (SSSR count). The highest BCUT2D eigenvalue weighted by molar-refractivity contribution is 6.36. The maximum atomic E-state index is 11.1. The summed E-state index contributed by atoms with van der Waals surface area (Å²) in [6.45, 7) is 1.45. The Bertz CT molecular complexity index is 877. The van der Waals surface area contributed by atoms with Gasteiger partial charge in [-0.25, -0.2) is 0 Å². The summed E-state index contributed by atoms with van der Waals surface area (Å²) in [4.78, 5) is 15.5. The van der Waals surface area contributed by atoms with Crippen LogP contribution < -0.4 is 5.32 Å². The van der Waals surface area contributed by atoms with Gasteiger partial charge < -0.3 is 9.84 Å². The summed E-state index contributed by atoms with van der Waals surface area (Å²) in [6, 6.07) is 12.2. The molecule has 116 valence electrons. The fourth-order valence-electron chi connectivity index (χ4n) is 2.05. The maximum absolute atomic E-state index is 11.1. The first kappa shape index (κ1) is 15.5. The minimum Gasteiger partial charge on any atom is -0.334 e. The number of nitrogens with one attached hydrogen (secondary N) is 1. The first-order valence-corrected chi connectivity index (χ1v) is 7.45. The Morgan fingerprint density at radius 2 is 2.00 bits per heavy atom. The molecule has 1 amide bonds. The van der Waals surface area contributed by atoms with Crippen molar-refractivity contribution >= 4 is 34.8 Å². The van der Waals surface area contributed by atoms with Crippen LogP contribution in [-0.2, 0) is 4.79 Å². The van der Waals surface area contributed by atoms with Gasteiger partial charge in [-0.05, 0) is 30.3 Å². The van der Waals surface area contributed by atoms with E-state index in [1.165, 1.54) is 6.92 Å². The number of carbonyl (C=O) groups excluding carboxylic acids is 1. The maximum Gasteiger partial charge on any atom is 0.259 e. The van der Waals surface area contributed by atoms with Crippen molar-refractivity contribution in [3.8, 4) is 22.8 Å². The van der Waals surface area contributed by atoms with Crippen LogP contribution in [0.15, 0.2) is 47.0 Å². The van der Waals surface area contributed by atoms with E-state index in [2.05, 4.69) is 15.5 Å². The van der Waals surface area contributed by atoms with Crippen molar-refractivity contribution in [2.75, 3.05) is 5.32 Å². The van der Waals surface area contributed by atoms with Gasteiger partial charge in [-0.3, -0.25) is 4.79 Å². The fourth-order valence-corrected chi connectivity index (χ4v) is 2.54. The first-order chi connectivity index (χ1) is 11.0. The van der Waals surface area contributed by atoms with Crippen molar-refractivity contribution in [1.82, 2.24) is 10.1 Å². The van der Waals surface area contributed by atoms with Crippen molar-refractivity contribution in [3.05, 3.63) is 52.5 Å². The van der Waals surface area contributed by atoms with Gasteiger partial charge >= 0.3 is 0 Å². The summed E-state index contributed by atoms with van der Waals surface area (Å²) in [5.74, 6) is 0.550. The van der Waals surface area contributed by atoms with Gasteiger partial charge in [-0.2, -0.15) is 4.98 Å². The summed E-state index contributed by atoms with van der Waals surface area (Å²) in [7, 11) is 0. The van der Waals surface area contributed by atoms with Crippen LogP contribution in [-0.4, -0.2) is 16.0 Å². The molecule has 23 heavy (non-hydrogen) atoms. The standard InChI is InChI=1S/C16H11Cl2N3O2/c1-9(22)19-12-4-2-3-10(7-12)15-20-16(23-21-15)13-6-5-11(17)8-14(13)18/h2-8H,1H3,(H,19,22). The molecule has 5 nitrogen and oxygen atoms in total. The van der Waals surface area contributed by atoms with Gasteiger partial charge in [0.15, 0.2) is 0 Å². The topological polar surface area (TPSA) is 68.0 Å². The number of rotatable bonds is 3. The summed E-state index contributed by atoms with van der Waals surface area (Å²) >= 11 is 12.0. The predicted octanol–water partition coefficient (Wildman–Crippen LogP) is 4.67. The number of benzene rings is 2. The normalized spacial score (nSPS) is 10.6. The largest absolute Gasteiger partial charge is 0.334 e. The SMILES string of the molecule is CC(=O)Nc1cccc(-c2noc(-c3ccc(Cl)cc3Cl)n2)c1. The molecule has 3 aromatic rings. The predicted molar refractivity (Wildman–Crippen MR) is 89.5 cm³/mol. The summed E-state index contributed by atoms with van der Waals surface area (Å²) in [6.07, 6.45) is 0. The van der Waals surface area contributed by atoms with Crippen molar-refractivity contribution in [3.63, 3.8) is 0 Å². The van der Waals surface area contributed by atoms with Crippen molar-refractivity contribution in [2.45, 2.75) is 6.92 Å². The van der Waals surface area contributed by atoms with Crippen LogP contribution in [0.1, 0.15) is 6.92 Å². The van der Waals surface area contributed by atoms with Crippen LogP contribution in [0.4, 0.5) is 5.69 Å². The number of hydrogen-bond donors (Lipinski definition) is 1. The molecule has 0 radical (unpaired) electrons. The van der Waals surface area contributed by atoms with Gasteiger partial charge in [0.1, 0.15) is 0 Å². The van der Waals surface area contributed by atoms with E-state index in [1.807, 2.05) is 6.07 Å². The second kappa shape index (κ2) is 6.40. The van der Waals surface area contributed by atoms with Gasteiger partial charge in [0, 0.05) is 23.2 Å². The van der Waals surface area contributed by atoms with Gasteiger partial charge in [0.2, 0.25) is 11.7 Å². The van der Waals surface area contributed by atoms with Crippen LogP contribution >= 0.6 is 23.2 Å². The summed E-state index contributed by atoms with van der Waals surface area (Å²) in [5, 5.41) is 7.62. The Morgan fingerprint density at radius 3 is 2.74 bits per heavy atom. The molecule has 0 unspecified atom stereocenters. The monoisotopic (exact) mass is 347 g/mol. The minimum atomic E-state index is -0.149.